The summed E-state index contributed by atoms with van der Waals surface area (Å²) in [4.78, 5) is 12.6. The van der Waals surface area contributed by atoms with E-state index in [0.29, 0.717) is 0 Å². The van der Waals surface area contributed by atoms with E-state index in [0.717, 1.165) is 31.5 Å². The van der Waals surface area contributed by atoms with Crippen molar-refractivity contribution in [1.82, 2.24) is 0 Å². The zero-order chi connectivity index (χ0) is 10.8. The lowest BCUT2D eigenvalue weighted by atomic mass is 10.1. The summed E-state index contributed by atoms with van der Waals surface area (Å²) in [6.45, 7) is 4.17. The Kier molecular flexibility index (Phi) is 2.58. The highest BCUT2D eigenvalue weighted by Crippen LogP contribution is 2.30. The third-order valence-corrected chi connectivity index (χ3v) is 2.76. The Morgan fingerprint density at radius 2 is 2.33 bits per heavy atom. The lowest BCUT2D eigenvalue weighted by molar-refractivity contribution is -0.384. The van der Waals surface area contributed by atoms with Crippen molar-refractivity contribution in [3.8, 4) is 0 Å². The van der Waals surface area contributed by atoms with Crippen LogP contribution >= 0.6 is 0 Å². The average molecular weight is 206 g/mol. The Labute approximate surface area is 88.7 Å². The molecule has 4 nitrogen and oxygen atoms in total. The molecule has 0 aliphatic carbocycles. The molecule has 0 saturated heterocycles. The molecule has 1 aromatic carbocycles. The van der Waals surface area contributed by atoms with Gasteiger partial charge >= 0.3 is 0 Å². The van der Waals surface area contributed by atoms with Gasteiger partial charge in [0.2, 0.25) is 0 Å². The molecule has 1 aliphatic rings. The number of nitro benzene ring substituents is 1. The van der Waals surface area contributed by atoms with Gasteiger partial charge < -0.3 is 4.90 Å². The second kappa shape index (κ2) is 3.88. The molecule has 1 heterocycles. The van der Waals surface area contributed by atoms with Crippen LogP contribution in [0.1, 0.15) is 18.9 Å². The van der Waals surface area contributed by atoms with Crippen LogP contribution in [0.5, 0.6) is 0 Å². The van der Waals surface area contributed by atoms with Crippen molar-refractivity contribution in [2.75, 3.05) is 18.0 Å². The summed E-state index contributed by atoms with van der Waals surface area (Å²) in [6.07, 6.45) is 2.04. The molecule has 0 saturated carbocycles. The molecule has 1 aromatic rings. The van der Waals surface area contributed by atoms with Crippen molar-refractivity contribution >= 4 is 11.4 Å². The predicted octanol–water partition coefficient (Wildman–Crippen LogP) is 2.37. The quantitative estimate of drug-likeness (QED) is 0.563. The number of nitrogens with zero attached hydrogens (tertiary/aromatic N) is 2. The van der Waals surface area contributed by atoms with Gasteiger partial charge in [-0.05, 0) is 24.5 Å². The molecule has 0 spiro atoms. The fraction of sp³-hybridized carbons (Fsp3) is 0.455. The number of non-ortho nitro benzene ring substituents is 1. The minimum Gasteiger partial charge on any atom is -0.371 e. The summed E-state index contributed by atoms with van der Waals surface area (Å²) in [6, 6.07) is 5.16. The first kappa shape index (κ1) is 9.96. The summed E-state index contributed by atoms with van der Waals surface area (Å²) in [7, 11) is 0. The minimum atomic E-state index is -0.331. The second-order valence-electron chi connectivity index (χ2n) is 3.81. The van der Waals surface area contributed by atoms with Gasteiger partial charge in [-0.3, -0.25) is 10.1 Å². The Morgan fingerprint density at radius 1 is 1.53 bits per heavy atom. The highest BCUT2D eigenvalue weighted by atomic mass is 16.6. The molecule has 80 valence electrons. The van der Waals surface area contributed by atoms with E-state index < -0.39 is 0 Å². The van der Waals surface area contributed by atoms with Gasteiger partial charge in [0.05, 0.1) is 4.92 Å². The fourth-order valence-corrected chi connectivity index (χ4v) is 2.07. The monoisotopic (exact) mass is 206 g/mol. The molecule has 15 heavy (non-hydrogen) atoms. The standard InChI is InChI=1S/C11H14N2O2/c1-2-6-12-7-5-9-8-10(13(14)15)3-4-11(9)12/h3-4,8H,2,5-7H2,1H3. The van der Waals surface area contributed by atoms with Crippen LogP contribution in [0.2, 0.25) is 0 Å². The van der Waals surface area contributed by atoms with Crippen LogP contribution in [0.4, 0.5) is 11.4 Å². The fourth-order valence-electron chi connectivity index (χ4n) is 2.07. The van der Waals surface area contributed by atoms with E-state index in [4.69, 9.17) is 0 Å². The molecule has 0 bridgehead atoms. The molecule has 0 aromatic heterocycles. The second-order valence-corrected chi connectivity index (χ2v) is 3.81. The first-order valence-electron chi connectivity index (χ1n) is 5.24. The first-order chi connectivity index (χ1) is 7.22. The van der Waals surface area contributed by atoms with E-state index in [-0.39, 0.29) is 10.6 Å². The summed E-state index contributed by atoms with van der Waals surface area (Å²) in [5.41, 5.74) is 2.48. The number of rotatable bonds is 3. The molecule has 0 atom stereocenters. The Balaban J connectivity index is 2.29. The van der Waals surface area contributed by atoms with E-state index in [1.54, 1.807) is 12.1 Å². The lowest BCUT2D eigenvalue weighted by Crippen LogP contribution is -2.20. The van der Waals surface area contributed by atoms with E-state index in [1.165, 1.54) is 5.69 Å². The van der Waals surface area contributed by atoms with Gasteiger partial charge in [-0.25, -0.2) is 0 Å². The normalized spacial score (nSPS) is 14.1. The van der Waals surface area contributed by atoms with Gasteiger partial charge in [0.1, 0.15) is 0 Å². The van der Waals surface area contributed by atoms with Crippen LogP contribution in [0, 0.1) is 10.1 Å². The van der Waals surface area contributed by atoms with Gasteiger partial charge in [0, 0.05) is 30.9 Å². The lowest BCUT2D eigenvalue weighted by Gasteiger charge is -2.17. The molecule has 0 fully saturated rings. The number of benzene rings is 1. The smallest absolute Gasteiger partial charge is 0.269 e. The maximum Gasteiger partial charge on any atom is 0.269 e. The zero-order valence-corrected chi connectivity index (χ0v) is 8.77. The Bertz CT molecular complexity index is 390. The van der Waals surface area contributed by atoms with Crippen LogP contribution in [-0.4, -0.2) is 18.0 Å². The van der Waals surface area contributed by atoms with Crippen molar-refractivity contribution in [2.24, 2.45) is 0 Å². The summed E-state index contributed by atoms with van der Waals surface area (Å²) >= 11 is 0. The molecule has 1 aliphatic heterocycles. The number of fused-ring (bicyclic) bond motifs is 1. The summed E-state index contributed by atoms with van der Waals surface area (Å²) < 4.78 is 0. The predicted molar refractivity (Wildman–Crippen MR) is 59.3 cm³/mol. The maximum absolute atomic E-state index is 10.6. The molecular formula is C11H14N2O2. The van der Waals surface area contributed by atoms with Gasteiger partial charge in [-0.15, -0.1) is 0 Å². The molecule has 0 radical (unpaired) electrons. The molecule has 0 unspecified atom stereocenters. The van der Waals surface area contributed by atoms with Gasteiger partial charge in [0.15, 0.2) is 0 Å². The number of nitro groups is 1. The van der Waals surface area contributed by atoms with Crippen molar-refractivity contribution in [1.29, 1.82) is 0 Å². The van der Waals surface area contributed by atoms with Crippen molar-refractivity contribution in [3.63, 3.8) is 0 Å². The van der Waals surface area contributed by atoms with Crippen LogP contribution in [0.25, 0.3) is 0 Å². The van der Waals surface area contributed by atoms with Gasteiger partial charge in [-0.2, -0.15) is 0 Å². The van der Waals surface area contributed by atoms with Crippen molar-refractivity contribution < 1.29 is 4.92 Å². The zero-order valence-electron chi connectivity index (χ0n) is 8.77. The van der Waals surface area contributed by atoms with Crippen LogP contribution in [-0.2, 0) is 6.42 Å². The topological polar surface area (TPSA) is 46.4 Å². The van der Waals surface area contributed by atoms with Gasteiger partial charge in [0.25, 0.3) is 5.69 Å². The minimum absolute atomic E-state index is 0.201. The molecule has 0 N–H and O–H groups in total. The SMILES string of the molecule is CCCN1CCc2cc([N+](=O)[O-])ccc21. The van der Waals surface area contributed by atoms with Gasteiger partial charge in [-0.1, -0.05) is 6.92 Å². The number of hydrogen-bond acceptors (Lipinski definition) is 3. The Morgan fingerprint density at radius 3 is 3.00 bits per heavy atom. The molecule has 2 rings (SSSR count). The summed E-state index contributed by atoms with van der Waals surface area (Å²) in [5, 5.41) is 10.6. The van der Waals surface area contributed by atoms with Crippen molar-refractivity contribution in [3.05, 3.63) is 33.9 Å². The largest absolute Gasteiger partial charge is 0.371 e. The van der Waals surface area contributed by atoms with Crippen LogP contribution in [0.3, 0.4) is 0 Å². The highest BCUT2D eigenvalue weighted by Gasteiger charge is 2.20. The molecule has 4 heteroatoms. The third-order valence-electron chi connectivity index (χ3n) is 2.76. The van der Waals surface area contributed by atoms with E-state index >= 15 is 0 Å². The molecule has 0 amide bonds. The maximum atomic E-state index is 10.6. The molecular weight excluding hydrogens is 192 g/mol. The number of hydrogen-bond donors (Lipinski definition) is 0. The third kappa shape index (κ3) is 1.79. The van der Waals surface area contributed by atoms with E-state index in [9.17, 15) is 10.1 Å². The van der Waals surface area contributed by atoms with Crippen LogP contribution in [0.15, 0.2) is 18.2 Å². The van der Waals surface area contributed by atoms with E-state index in [1.807, 2.05) is 6.07 Å². The van der Waals surface area contributed by atoms with E-state index in [2.05, 4.69) is 11.8 Å². The first-order valence-corrected chi connectivity index (χ1v) is 5.24. The highest BCUT2D eigenvalue weighted by molar-refractivity contribution is 5.61. The Hall–Kier alpha value is -1.58. The van der Waals surface area contributed by atoms with Crippen LogP contribution < -0.4 is 4.90 Å². The summed E-state index contributed by atoms with van der Waals surface area (Å²) in [5.74, 6) is 0. The van der Waals surface area contributed by atoms with Crippen molar-refractivity contribution in [2.45, 2.75) is 19.8 Å². The average Bonchev–Trinajstić information content (AvgIpc) is 2.61. The number of anilines is 1.